The SMILES string of the molecule is C=CCOC(=O)NCc1ccc([C@H]2O[C@@H](CN(C)C[C@@H](O)c3cccc(O)c3)[C@@H](C)[C@@H](c3ccc(CO)cc3)O2)cc1. The largest absolute Gasteiger partial charge is 0.508 e. The summed E-state index contributed by atoms with van der Waals surface area (Å²) in [5.74, 6) is 0.0922. The van der Waals surface area contributed by atoms with Crippen LogP contribution in [0.5, 0.6) is 5.75 Å². The highest BCUT2D eigenvalue weighted by molar-refractivity contribution is 5.67. The number of hydrogen-bond acceptors (Lipinski definition) is 8. The molecule has 0 bridgehead atoms. The molecule has 9 nitrogen and oxygen atoms in total. The molecule has 42 heavy (non-hydrogen) atoms. The Kier molecular flexibility index (Phi) is 11.1. The van der Waals surface area contributed by atoms with Crippen LogP contribution in [-0.4, -0.2) is 59.2 Å². The van der Waals surface area contributed by atoms with Gasteiger partial charge in [0.2, 0.25) is 0 Å². The molecule has 0 unspecified atom stereocenters. The van der Waals surface area contributed by atoms with E-state index in [-0.39, 0.29) is 37.1 Å². The summed E-state index contributed by atoms with van der Waals surface area (Å²) in [6.07, 6.45) is -0.915. The molecule has 1 saturated heterocycles. The van der Waals surface area contributed by atoms with Crippen LogP contribution in [0.25, 0.3) is 0 Å². The Bertz CT molecular complexity index is 1300. The number of likely N-dealkylation sites (N-methyl/N-ethyl adjacent to an activating group) is 1. The molecule has 0 aliphatic carbocycles. The van der Waals surface area contributed by atoms with E-state index in [2.05, 4.69) is 18.8 Å². The van der Waals surface area contributed by atoms with Gasteiger partial charge in [-0.3, -0.25) is 0 Å². The zero-order chi connectivity index (χ0) is 30.1. The van der Waals surface area contributed by atoms with Crippen molar-refractivity contribution in [2.75, 3.05) is 26.7 Å². The van der Waals surface area contributed by atoms with Gasteiger partial charge in [-0.25, -0.2) is 4.79 Å². The minimum absolute atomic E-state index is 0.0216. The molecule has 1 aliphatic heterocycles. The molecule has 5 atom stereocenters. The second-order valence-corrected chi connectivity index (χ2v) is 10.6. The van der Waals surface area contributed by atoms with Crippen LogP contribution in [0.4, 0.5) is 4.79 Å². The van der Waals surface area contributed by atoms with Gasteiger partial charge in [0, 0.05) is 31.1 Å². The van der Waals surface area contributed by atoms with E-state index in [1.807, 2.05) is 60.5 Å². The maximum Gasteiger partial charge on any atom is 0.407 e. The number of aromatic hydroxyl groups is 1. The van der Waals surface area contributed by atoms with Crippen LogP contribution < -0.4 is 5.32 Å². The molecule has 0 aromatic heterocycles. The summed E-state index contributed by atoms with van der Waals surface area (Å²) in [5, 5.41) is 32.8. The van der Waals surface area contributed by atoms with Gasteiger partial charge in [0.1, 0.15) is 12.4 Å². The normalized spacial score (nSPS) is 21.1. The molecule has 224 valence electrons. The first-order valence-corrected chi connectivity index (χ1v) is 14.0. The second kappa shape index (κ2) is 14.9. The van der Waals surface area contributed by atoms with E-state index in [0.717, 1.165) is 22.3 Å². The molecule has 3 aromatic rings. The van der Waals surface area contributed by atoms with Crippen molar-refractivity contribution in [2.24, 2.45) is 5.92 Å². The maximum atomic E-state index is 11.8. The van der Waals surface area contributed by atoms with E-state index in [1.54, 1.807) is 24.3 Å². The third-order valence-corrected chi connectivity index (χ3v) is 7.38. The Morgan fingerprint density at radius 1 is 1.07 bits per heavy atom. The number of aliphatic hydroxyl groups is 2. The summed E-state index contributed by atoms with van der Waals surface area (Å²) < 4.78 is 18.0. The van der Waals surface area contributed by atoms with E-state index in [9.17, 15) is 20.1 Å². The number of nitrogens with one attached hydrogen (secondary N) is 1. The first kappa shape index (κ1) is 31.2. The summed E-state index contributed by atoms with van der Waals surface area (Å²) in [6.45, 7) is 6.94. The van der Waals surface area contributed by atoms with Crippen molar-refractivity contribution in [2.45, 2.75) is 44.7 Å². The minimum Gasteiger partial charge on any atom is -0.508 e. The van der Waals surface area contributed by atoms with E-state index < -0.39 is 18.5 Å². The number of carbonyl (C=O) groups excluding carboxylic acids is 1. The van der Waals surface area contributed by atoms with Crippen LogP contribution in [-0.2, 0) is 27.4 Å². The van der Waals surface area contributed by atoms with Gasteiger partial charge < -0.3 is 39.7 Å². The standard InChI is InChI=1S/C33H40N2O7/c1-4-16-40-33(39)34-18-23-8-14-26(15-9-23)32-41-30(20-35(3)19-29(38)27-6-5-7-28(37)17-27)22(2)31(42-32)25-12-10-24(21-36)11-13-25/h4-15,17,22,29-32,36-38H,1,16,18-21H2,2-3H3,(H,34,39)/t22-,29-,30+,31+,32+/m1/s1. The molecular weight excluding hydrogens is 536 g/mol. The first-order chi connectivity index (χ1) is 20.3. The third-order valence-electron chi connectivity index (χ3n) is 7.38. The number of benzene rings is 3. The number of hydrogen-bond donors (Lipinski definition) is 4. The van der Waals surface area contributed by atoms with Gasteiger partial charge in [-0.2, -0.15) is 0 Å². The fourth-order valence-corrected chi connectivity index (χ4v) is 5.00. The van der Waals surface area contributed by atoms with Crippen LogP contribution in [0.2, 0.25) is 0 Å². The number of aliphatic hydroxyl groups excluding tert-OH is 2. The lowest BCUT2D eigenvalue weighted by Gasteiger charge is -2.42. The summed E-state index contributed by atoms with van der Waals surface area (Å²) in [7, 11) is 1.93. The van der Waals surface area contributed by atoms with E-state index in [0.29, 0.717) is 25.2 Å². The molecule has 0 saturated carbocycles. The maximum absolute atomic E-state index is 11.8. The summed E-state index contributed by atoms with van der Waals surface area (Å²) in [6, 6.07) is 22.0. The van der Waals surface area contributed by atoms with Crippen LogP contribution in [0.1, 0.15) is 53.2 Å². The van der Waals surface area contributed by atoms with E-state index >= 15 is 0 Å². The smallest absolute Gasteiger partial charge is 0.407 e. The Morgan fingerprint density at radius 2 is 1.76 bits per heavy atom. The predicted octanol–water partition coefficient (Wildman–Crippen LogP) is 4.75. The molecule has 0 spiro atoms. The van der Waals surface area contributed by atoms with Crippen molar-refractivity contribution in [1.29, 1.82) is 0 Å². The molecule has 1 heterocycles. The zero-order valence-electron chi connectivity index (χ0n) is 24.1. The van der Waals surface area contributed by atoms with Gasteiger partial charge >= 0.3 is 6.09 Å². The molecule has 3 aromatic carbocycles. The lowest BCUT2D eigenvalue weighted by molar-refractivity contribution is -0.276. The van der Waals surface area contributed by atoms with Gasteiger partial charge in [-0.1, -0.05) is 80.2 Å². The monoisotopic (exact) mass is 576 g/mol. The number of phenolic OH excluding ortho intramolecular Hbond substituents is 1. The number of amides is 1. The van der Waals surface area contributed by atoms with Crippen molar-refractivity contribution in [3.63, 3.8) is 0 Å². The Morgan fingerprint density at radius 3 is 2.43 bits per heavy atom. The lowest BCUT2D eigenvalue weighted by Crippen LogP contribution is -2.44. The average molecular weight is 577 g/mol. The van der Waals surface area contributed by atoms with E-state index in [1.165, 1.54) is 6.08 Å². The number of carbonyl (C=O) groups is 1. The highest BCUT2D eigenvalue weighted by Crippen LogP contribution is 2.42. The van der Waals surface area contributed by atoms with E-state index in [4.69, 9.17) is 14.2 Å². The number of phenols is 1. The van der Waals surface area contributed by atoms with Crippen LogP contribution in [0.3, 0.4) is 0 Å². The first-order valence-electron chi connectivity index (χ1n) is 14.0. The lowest BCUT2D eigenvalue weighted by atomic mass is 9.90. The summed E-state index contributed by atoms with van der Waals surface area (Å²) >= 11 is 0. The quantitative estimate of drug-likeness (QED) is 0.228. The second-order valence-electron chi connectivity index (χ2n) is 10.6. The molecule has 1 amide bonds. The fourth-order valence-electron chi connectivity index (χ4n) is 5.00. The highest BCUT2D eigenvalue weighted by atomic mass is 16.7. The fraction of sp³-hybridized carbons (Fsp3) is 0.364. The van der Waals surface area contributed by atoms with Crippen LogP contribution >= 0.6 is 0 Å². The minimum atomic E-state index is -0.773. The number of alkyl carbamates (subject to hydrolysis) is 1. The van der Waals surface area contributed by atoms with Gasteiger partial charge in [0.25, 0.3) is 0 Å². The number of ether oxygens (including phenoxy) is 3. The van der Waals surface area contributed by atoms with Gasteiger partial charge in [0.15, 0.2) is 6.29 Å². The van der Waals surface area contributed by atoms with Crippen molar-refractivity contribution in [3.8, 4) is 5.75 Å². The molecule has 4 rings (SSSR count). The zero-order valence-corrected chi connectivity index (χ0v) is 24.1. The summed E-state index contributed by atoms with van der Waals surface area (Å²) in [4.78, 5) is 13.8. The average Bonchev–Trinajstić information content (AvgIpc) is 3.00. The van der Waals surface area contributed by atoms with Crippen molar-refractivity contribution in [3.05, 3.63) is 113 Å². The molecule has 9 heteroatoms. The van der Waals surface area contributed by atoms with Gasteiger partial charge in [-0.15, -0.1) is 0 Å². The summed E-state index contributed by atoms with van der Waals surface area (Å²) in [5.41, 5.74) is 4.19. The molecule has 1 aliphatic rings. The Balaban J connectivity index is 1.48. The number of nitrogens with zero attached hydrogens (tertiary/aromatic N) is 1. The molecule has 0 radical (unpaired) electrons. The molecule has 1 fully saturated rings. The third kappa shape index (κ3) is 8.40. The van der Waals surface area contributed by atoms with Crippen molar-refractivity contribution < 1.29 is 34.3 Å². The van der Waals surface area contributed by atoms with Gasteiger partial charge in [0.05, 0.1) is 24.9 Å². The van der Waals surface area contributed by atoms with Crippen LogP contribution in [0, 0.1) is 5.92 Å². The molecule has 4 N–H and O–H groups in total. The highest BCUT2D eigenvalue weighted by Gasteiger charge is 2.39. The van der Waals surface area contributed by atoms with Crippen molar-refractivity contribution >= 4 is 6.09 Å². The van der Waals surface area contributed by atoms with Gasteiger partial charge in [-0.05, 0) is 41.4 Å². The Labute approximate surface area is 247 Å². The topological polar surface area (TPSA) is 121 Å². The predicted molar refractivity (Wildman–Crippen MR) is 158 cm³/mol. The molecular formula is C33H40N2O7. The Hall–Kier alpha value is -3.73. The van der Waals surface area contributed by atoms with Crippen LogP contribution in [0.15, 0.2) is 85.5 Å². The number of rotatable bonds is 12. The van der Waals surface area contributed by atoms with Crippen molar-refractivity contribution in [1.82, 2.24) is 10.2 Å².